The molecule has 0 saturated carbocycles. The first-order valence-electron chi connectivity index (χ1n) is 12.9. The number of carboxylic acids is 1. The zero-order chi connectivity index (χ0) is 31.3. The molecule has 232 valence electrons. The van der Waals surface area contributed by atoms with E-state index >= 15 is 0 Å². The standard InChI is InChI=1S/C27H28O16/c1-8-15(30)17(32)20(35)26(39-8)42-23-16(31)14-12(29)6-11(7-13(14)41-22(23)9-2-4-10(28)5-3-9)40-27-21(36)18(33)19(34)24(43-27)25(37)38/h2-8,15,17-21,24,26-30,32-36H,1H3,(H,37,38)/t8?,15-,17?,18-,19+,20-,21?,24?,26-,27+/m0/s1. The first-order chi connectivity index (χ1) is 20.3. The third-order valence-electron chi connectivity index (χ3n) is 7.14. The summed E-state index contributed by atoms with van der Waals surface area (Å²) in [6, 6.07) is 7.25. The van der Waals surface area contributed by atoms with E-state index in [9.17, 15) is 55.5 Å². The van der Waals surface area contributed by atoms with Gasteiger partial charge >= 0.3 is 5.97 Å². The molecule has 43 heavy (non-hydrogen) atoms. The van der Waals surface area contributed by atoms with E-state index in [0.29, 0.717) is 0 Å². The first kappa shape index (κ1) is 30.5. The normalized spacial score (nSPS) is 32.8. The van der Waals surface area contributed by atoms with Crippen LogP contribution in [0.2, 0.25) is 0 Å². The molecular formula is C27H28O16. The van der Waals surface area contributed by atoms with E-state index in [0.717, 1.165) is 12.1 Å². The number of phenolic OH excluding ortho intramolecular Hbond substituents is 2. The summed E-state index contributed by atoms with van der Waals surface area (Å²) in [5.74, 6) is -3.68. The summed E-state index contributed by atoms with van der Waals surface area (Å²) >= 11 is 0. The van der Waals surface area contributed by atoms with Crippen LogP contribution in [0, 0.1) is 0 Å². The van der Waals surface area contributed by atoms with Gasteiger partial charge in [-0.25, -0.2) is 4.79 Å². The van der Waals surface area contributed by atoms with Crippen LogP contribution in [-0.2, 0) is 14.3 Å². The highest BCUT2D eigenvalue weighted by Crippen LogP contribution is 2.38. The Morgan fingerprint density at radius 1 is 0.791 bits per heavy atom. The Balaban J connectivity index is 1.58. The van der Waals surface area contributed by atoms with E-state index < -0.39 is 89.7 Å². The van der Waals surface area contributed by atoms with Gasteiger partial charge in [0, 0.05) is 17.7 Å². The molecule has 5 rings (SSSR count). The van der Waals surface area contributed by atoms with Gasteiger partial charge in [-0.3, -0.25) is 4.79 Å². The summed E-state index contributed by atoms with van der Waals surface area (Å²) in [5, 5.41) is 90.2. The van der Waals surface area contributed by atoms with Crippen molar-refractivity contribution in [1.82, 2.24) is 0 Å². The Labute approximate surface area is 240 Å². The van der Waals surface area contributed by atoms with Crippen LogP contribution in [-0.4, -0.2) is 113 Å². The van der Waals surface area contributed by atoms with Crippen molar-refractivity contribution in [2.24, 2.45) is 0 Å². The molecule has 0 spiro atoms. The third kappa shape index (κ3) is 5.57. The van der Waals surface area contributed by atoms with Crippen LogP contribution in [0.25, 0.3) is 22.3 Å². The number of aliphatic hydroxyl groups excluding tert-OH is 6. The van der Waals surface area contributed by atoms with E-state index in [2.05, 4.69) is 0 Å². The molecule has 0 radical (unpaired) electrons. The molecule has 2 aromatic carbocycles. The zero-order valence-electron chi connectivity index (χ0n) is 22.1. The molecular weight excluding hydrogens is 580 g/mol. The maximum atomic E-state index is 13.7. The second kappa shape index (κ2) is 11.6. The van der Waals surface area contributed by atoms with Crippen molar-refractivity contribution in [1.29, 1.82) is 0 Å². The van der Waals surface area contributed by atoms with Crippen molar-refractivity contribution in [3.63, 3.8) is 0 Å². The molecule has 16 heteroatoms. The minimum atomic E-state index is -1.97. The second-order valence-corrected chi connectivity index (χ2v) is 10.1. The number of rotatable bonds is 6. The monoisotopic (exact) mass is 608 g/mol. The van der Waals surface area contributed by atoms with Crippen molar-refractivity contribution < 1.29 is 74.1 Å². The van der Waals surface area contributed by atoms with E-state index in [4.69, 9.17) is 23.4 Å². The molecule has 2 fully saturated rings. The molecule has 4 unspecified atom stereocenters. The predicted molar refractivity (Wildman–Crippen MR) is 139 cm³/mol. The van der Waals surface area contributed by atoms with Crippen LogP contribution in [0.5, 0.6) is 23.0 Å². The van der Waals surface area contributed by atoms with Gasteiger partial charge in [0.2, 0.25) is 23.8 Å². The Bertz CT molecular complexity index is 1550. The Morgan fingerprint density at radius 3 is 2.02 bits per heavy atom. The van der Waals surface area contributed by atoms with Crippen LogP contribution >= 0.6 is 0 Å². The smallest absolute Gasteiger partial charge is 0.335 e. The Morgan fingerprint density at radius 2 is 1.40 bits per heavy atom. The fraction of sp³-hybridized carbons (Fsp3) is 0.407. The highest BCUT2D eigenvalue weighted by Gasteiger charge is 2.48. The molecule has 2 aliphatic rings. The topological polar surface area (TPSA) is 266 Å². The SMILES string of the molecule is CC1O[C@@H](Oc2c(-c3ccc(O)cc3)oc3cc(O[C@@H]4OC(C(=O)O)[C@H](O)[C@H](O)C4O)cc(O)c3c2=O)[C@@H](O)C(O)[C@H]1O. The summed E-state index contributed by atoms with van der Waals surface area (Å²) in [6.45, 7) is 1.40. The number of benzene rings is 2. The summed E-state index contributed by atoms with van der Waals surface area (Å²) in [7, 11) is 0. The molecule has 0 aliphatic carbocycles. The van der Waals surface area contributed by atoms with Crippen LogP contribution in [0.4, 0.5) is 0 Å². The summed E-state index contributed by atoms with van der Waals surface area (Å²) in [6.07, 6.45) is -17.3. The van der Waals surface area contributed by atoms with Crippen molar-refractivity contribution in [2.75, 3.05) is 0 Å². The van der Waals surface area contributed by atoms with Crippen molar-refractivity contribution in [3.05, 3.63) is 46.6 Å². The third-order valence-corrected chi connectivity index (χ3v) is 7.14. The number of hydrogen-bond donors (Lipinski definition) is 9. The van der Waals surface area contributed by atoms with E-state index in [1.807, 2.05) is 0 Å². The number of aromatic hydroxyl groups is 2. The predicted octanol–water partition coefficient (Wildman–Crippen LogP) is -1.65. The number of carbonyl (C=O) groups is 1. The van der Waals surface area contributed by atoms with Gasteiger partial charge in [0.25, 0.3) is 0 Å². The largest absolute Gasteiger partial charge is 0.508 e. The molecule has 2 aliphatic heterocycles. The molecule has 9 N–H and O–H groups in total. The van der Waals surface area contributed by atoms with Gasteiger partial charge in [-0.2, -0.15) is 0 Å². The quantitative estimate of drug-likeness (QED) is 0.152. The van der Waals surface area contributed by atoms with Gasteiger partial charge < -0.3 is 69.3 Å². The minimum Gasteiger partial charge on any atom is -0.508 e. The average Bonchev–Trinajstić information content (AvgIpc) is 2.96. The molecule has 0 bridgehead atoms. The second-order valence-electron chi connectivity index (χ2n) is 10.1. The van der Waals surface area contributed by atoms with Crippen molar-refractivity contribution in [3.8, 4) is 34.3 Å². The van der Waals surface area contributed by atoms with Gasteiger partial charge in [0.05, 0.1) is 6.10 Å². The number of aliphatic carboxylic acids is 1. The van der Waals surface area contributed by atoms with Crippen LogP contribution in [0.3, 0.4) is 0 Å². The lowest BCUT2D eigenvalue weighted by Crippen LogP contribution is -2.61. The molecule has 1 aromatic heterocycles. The fourth-order valence-corrected chi connectivity index (χ4v) is 4.75. The lowest BCUT2D eigenvalue weighted by atomic mass is 9.99. The number of aliphatic hydroxyl groups is 6. The highest BCUT2D eigenvalue weighted by atomic mass is 16.7. The van der Waals surface area contributed by atoms with Crippen molar-refractivity contribution in [2.45, 2.75) is 68.3 Å². The molecule has 3 aromatic rings. The maximum Gasteiger partial charge on any atom is 0.335 e. The minimum absolute atomic E-state index is 0.127. The number of hydrogen-bond acceptors (Lipinski definition) is 15. The first-order valence-corrected chi connectivity index (χ1v) is 12.9. The van der Waals surface area contributed by atoms with Gasteiger partial charge in [-0.1, -0.05) is 0 Å². The lowest BCUT2D eigenvalue weighted by Gasteiger charge is -2.38. The van der Waals surface area contributed by atoms with E-state index in [1.54, 1.807) is 0 Å². The van der Waals surface area contributed by atoms with Gasteiger partial charge in [-0.15, -0.1) is 0 Å². The molecule has 2 saturated heterocycles. The number of phenols is 2. The van der Waals surface area contributed by atoms with Gasteiger partial charge in [-0.05, 0) is 31.2 Å². The summed E-state index contributed by atoms with van der Waals surface area (Å²) in [5.41, 5.74) is -1.12. The number of ether oxygens (including phenoxy) is 4. The van der Waals surface area contributed by atoms with Crippen LogP contribution < -0.4 is 14.9 Å². The van der Waals surface area contributed by atoms with E-state index in [1.165, 1.54) is 31.2 Å². The maximum absolute atomic E-state index is 13.7. The zero-order valence-corrected chi connectivity index (χ0v) is 22.1. The van der Waals surface area contributed by atoms with Gasteiger partial charge in [0.1, 0.15) is 64.8 Å². The van der Waals surface area contributed by atoms with Gasteiger partial charge in [0.15, 0.2) is 11.9 Å². The average molecular weight is 609 g/mol. The summed E-state index contributed by atoms with van der Waals surface area (Å²) < 4.78 is 27.6. The molecule has 16 nitrogen and oxygen atoms in total. The van der Waals surface area contributed by atoms with Crippen LogP contribution in [0.15, 0.2) is 45.6 Å². The lowest BCUT2D eigenvalue weighted by molar-refractivity contribution is -0.271. The number of fused-ring (bicyclic) bond motifs is 1. The Kier molecular flexibility index (Phi) is 8.21. The molecule has 10 atom stereocenters. The highest BCUT2D eigenvalue weighted by molar-refractivity contribution is 5.88. The van der Waals surface area contributed by atoms with Crippen molar-refractivity contribution >= 4 is 16.9 Å². The fourth-order valence-electron chi connectivity index (χ4n) is 4.75. The van der Waals surface area contributed by atoms with Crippen LogP contribution in [0.1, 0.15) is 6.92 Å². The molecule has 0 amide bonds. The summed E-state index contributed by atoms with van der Waals surface area (Å²) in [4.78, 5) is 25.1. The molecule has 3 heterocycles. The van der Waals surface area contributed by atoms with E-state index in [-0.39, 0.29) is 28.4 Å². The Hall–Kier alpha value is -4.00. The number of carboxylic acid groups (broad SMARTS) is 1.